The smallest absolute Gasteiger partial charge is 0.264 e. The van der Waals surface area contributed by atoms with Crippen molar-refractivity contribution in [2.75, 3.05) is 10.8 Å². The predicted molar refractivity (Wildman–Crippen MR) is 157 cm³/mol. The fraction of sp³-hybridized carbons (Fsp3) is 0.310. The largest absolute Gasteiger partial charge is 0.352 e. The Morgan fingerprint density at radius 2 is 1.59 bits per heavy atom. The van der Waals surface area contributed by atoms with E-state index in [1.807, 2.05) is 45.0 Å². The van der Waals surface area contributed by atoms with Crippen LogP contribution in [0, 0.1) is 6.92 Å². The van der Waals surface area contributed by atoms with Crippen molar-refractivity contribution in [2.45, 2.75) is 57.6 Å². The molecule has 0 bridgehead atoms. The van der Waals surface area contributed by atoms with Gasteiger partial charge in [-0.15, -0.1) is 0 Å². The zero-order chi connectivity index (χ0) is 28.7. The van der Waals surface area contributed by atoms with Gasteiger partial charge in [-0.2, -0.15) is 0 Å². The molecule has 7 nitrogen and oxygen atoms in total. The highest BCUT2D eigenvalue weighted by Crippen LogP contribution is 2.33. The van der Waals surface area contributed by atoms with E-state index in [1.165, 1.54) is 35.2 Å². The van der Waals surface area contributed by atoms with Crippen LogP contribution in [0.25, 0.3) is 0 Å². The van der Waals surface area contributed by atoms with E-state index in [-0.39, 0.29) is 34.1 Å². The highest BCUT2D eigenvalue weighted by Gasteiger charge is 2.33. The molecule has 2 unspecified atom stereocenters. The van der Waals surface area contributed by atoms with Crippen molar-refractivity contribution in [1.29, 1.82) is 0 Å². The first kappa shape index (κ1) is 30.5. The van der Waals surface area contributed by atoms with Crippen molar-refractivity contribution in [3.8, 4) is 0 Å². The van der Waals surface area contributed by atoms with Crippen molar-refractivity contribution < 1.29 is 18.0 Å². The zero-order valence-electron chi connectivity index (χ0n) is 22.4. The third kappa shape index (κ3) is 7.75. The lowest BCUT2D eigenvalue weighted by atomic mass is 10.1. The third-order valence-corrected chi connectivity index (χ3v) is 8.74. The predicted octanol–water partition coefficient (Wildman–Crippen LogP) is 5.83. The van der Waals surface area contributed by atoms with E-state index in [1.54, 1.807) is 25.1 Å². The van der Waals surface area contributed by atoms with E-state index in [0.717, 1.165) is 21.9 Å². The van der Waals surface area contributed by atoms with Gasteiger partial charge >= 0.3 is 0 Å². The molecule has 39 heavy (non-hydrogen) atoms. The van der Waals surface area contributed by atoms with E-state index in [4.69, 9.17) is 23.2 Å². The lowest BCUT2D eigenvalue weighted by molar-refractivity contribution is -0.139. The molecule has 1 N–H and O–H groups in total. The summed E-state index contributed by atoms with van der Waals surface area (Å²) in [5.41, 5.74) is 1.96. The Morgan fingerprint density at radius 3 is 2.18 bits per heavy atom. The minimum Gasteiger partial charge on any atom is -0.352 e. The topological polar surface area (TPSA) is 86.8 Å². The van der Waals surface area contributed by atoms with Gasteiger partial charge in [0.2, 0.25) is 11.8 Å². The van der Waals surface area contributed by atoms with Crippen LogP contribution < -0.4 is 9.62 Å². The van der Waals surface area contributed by atoms with Crippen LogP contribution >= 0.6 is 23.2 Å². The number of carbonyl (C=O) groups is 2. The Labute approximate surface area is 240 Å². The second kappa shape index (κ2) is 13.3. The number of aryl methyl sites for hydroxylation is 1. The third-order valence-electron chi connectivity index (χ3n) is 6.43. The van der Waals surface area contributed by atoms with Crippen LogP contribution in [0.2, 0.25) is 10.0 Å². The molecular formula is C29H33Cl2N3O4S. The van der Waals surface area contributed by atoms with E-state index in [2.05, 4.69) is 5.32 Å². The minimum absolute atomic E-state index is 0.00327. The molecule has 0 heterocycles. The first-order chi connectivity index (χ1) is 18.4. The average molecular weight is 591 g/mol. The summed E-state index contributed by atoms with van der Waals surface area (Å²) in [7, 11) is -4.21. The normalized spacial score (nSPS) is 12.9. The van der Waals surface area contributed by atoms with Crippen LogP contribution in [-0.4, -0.2) is 43.8 Å². The number of hydrogen-bond donors (Lipinski definition) is 1. The van der Waals surface area contributed by atoms with Crippen molar-refractivity contribution in [1.82, 2.24) is 10.2 Å². The Hall–Kier alpha value is -3.07. The van der Waals surface area contributed by atoms with Crippen molar-refractivity contribution >= 4 is 50.7 Å². The Kier molecular flexibility index (Phi) is 10.4. The van der Waals surface area contributed by atoms with Crippen molar-refractivity contribution in [3.63, 3.8) is 0 Å². The molecule has 2 atom stereocenters. The van der Waals surface area contributed by atoms with E-state index in [0.29, 0.717) is 5.02 Å². The summed E-state index contributed by atoms with van der Waals surface area (Å²) in [6.45, 7) is 6.96. The number of hydrogen-bond acceptors (Lipinski definition) is 4. The average Bonchev–Trinajstić information content (AvgIpc) is 2.91. The maximum absolute atomic E-state index is 13.9. The molecule has 0 saturated heterocycles. The molecule has 0 aromatic heterocycles. The Balaban J connectivity index is 2.04. The number of sulfonamides is 1. The minimum atomic E-state index is -4.21. The second-order valence-electron chi connectivity index (χ2n) is 9.42. The van der Waals surface area contributed by atoms with Gasteiger partial charge in [0.1, 0.15) is 12.6 Å². The summed E-state index contributed by atoms with van der Waals surface area (Å²) in [5.74, 6) is -0.889. The summed E-state index contributed by atoms with van der Waals surface area (Å²) in [6.07, 6.45) is 0.725. The lowest BCUT2D eigenvalue weighted by Gasteiger charge is -2.32. The molecule has 3 rings (SSSR count). The molecule has 3 aromatic carbocycles. The van der Waals surface area contributed by atoms with Gasteiger partial charge < -0.3 is 10.2 Å². The van der Waals surface area contributed by atoms with Crippen LogP contribution in [0.15, 0.2) is 77.7 Å². The molecule has 0 aliphatic heterocycles. The number of benzene rings is 3. The maximum atomic E-state index is 13.9. The van der Waals surface area contributed by atoms with Gasteiger partial charge in [-0.25, -0.2) is 8.42 Å². The van der Waals surface area contributed by atoms with Gasteiger partial charge in [0.05, 0.1) is 15.6 Å². The zero-order valence-corrected chi connectivity index (χ0v) is 24.7. The SMILES string of the molecule is CCC(C)NC(=O)C(C)N(Cc1ccc(C)cc1)C(=O)CN(c1ccc(Cl)cc1Cl)S(=O)(=O)c1ccccc1. The fourth-order valence-electron chi connectivity index (χ4n) is 3.85. The van der Waals surface area contributed by atoms with Crippen LogP contribution in [0.3, 0.4) is 0 Å². The standard InChI is InChI=1S/C29H33Cl2N3O4S/c1-5-21(3)32-29(36)22(4)33(18-23-13-11-20(2)12-14-23)28(35)19-34(27-16-15-24(30)17-26(27)31)39(37,38)25-9-7-6-8-10-25/h6-17,21-22H,5,18-19H2,1-4H3,(H,32,36). The van der Waals surface area contributed by atoms with Crippen LogP contribution in [0.5, 0.6) is 0 Å². The van der Waals surface area contributed by atoms with E-state index < -0.39 is 28.5 Å². The number of nitrogens with zero attached hydrogens (tertiary/aromatic N) is 2. The number of anilines is 1. The number of rotatable bonds is 11. The van der Waals surface area contributed by atoms with E-state index in [9.17, 15) is 18.0 Å². The van der Waals surface area contributed by atoms with Gasteiger partial charge in [0.15, 0.2) is 0 Å². The maximum Gasteiger partial charge on any atom is 0.264 e. The Bertz CT molecular complexity index is 1400. The van der Waals surface area contributed by atoms with Gasteiger partial charge in [-0.1, -0.05) is 78.2 Å². The molecule has 208 valence electrons. The van der Waals surface area contributed by atoms with Crippen molar-refractivity contribution in [2.24, 2.45) is 0 Å². The molecule has 2 amide bonds. The molecule has 0 spiro atoms. The summed E-state index contributed by atoms with van der Waals surface area (Å²) in [5, 5.41) is 3.31. The molecule has 0 saturated carbocycles. The molecular weight excluding hydrogens is 557 g/mol. The highest BCUT2D eigenvalue weighted by molar-refractivity contribution is 7.92. The molecule has 0 radical (unpaired) electrons. The number of halogens is 2. The highest BCUT2D eigenvalue weighted by atomic mass is 35.5. The van der Waals surface area contributed by atoms with Crippen LogP contribution in [0.1, 0.15) is 38.3 Å². The van der Waals surface area contributed by atoms with Gasteiger partial charge in [-0.3, -0.25) is 13.9 Å². The summed E-state index contributed by atoms with van der Waals surface area (Å²) in [6, 6.07) is 18.8. The van der Waals surface area contributed by atoms with Gasteiger partial charge in [-0.05, 0) is 63.1 Å². The molecule has 0 aliphatic carbocycles. The fourth-order valence-corrected chi connectivity index (χ4v) is 5.87. The van der Waals surface area contributed by atoms with Gasteiger partial charge in [0, 0.05) is 17.6 Å². The monoisotopic (exact) mass is 589 g/mol. The summed E-state index contributed by atoms with van der Waals surface area (Å²) in [4.78, 5) is 28.4. The van der Waals surface area contributed by atoms with Gasteiger partial charge in [0.25, 0.3) is 10.0 Å². The number of carbonyl (C=O) groups excluding carboxylic acids is 2. The molecule has 3 aromatic rings. The summed E-state index contributed by atoms with van der Waals surface area (Å²) >= 11 is 12.5. The number of nitrogens with one attached hydrogen (secondary N) is 1. The van der Waals surface area contributed by atoms with Crippen LogP contribution in [-0.2, 0) is 26.2 Å². The number of amides is 2. The first-order valence-electron chi connectivity index (χ1n) is 12.6. The quantitative estimate of drug-likeness (QED) is 0.305. The van der Waals surface area contributed by atoms with Crippen LogP contribution in [0.4, 0.5) is 5.69 Å². The molecule has 0 fully saturated rings. The van der Waals surface area contributed by atoms with Crippen molar-refractivity contribution in [3.05, 3.63) is 94.0 Å². The molecule has 10 heteroatoms. The Morgan fingerprint density at radius 1 is 0.949 bits per heavy atom. The molecule has 0 aliphatic rings. The summed E-state index contributed by atoms with van der Waals surface area (Å²) < 4.78 is 28.6. The lowest BCUT2D eigenvalue weighted by Crippen LogP contribution is -2.52. The van der Waals surface area contributed by atoms with E-state index >= 15 is 0 Å². The second-order valence-corrected chi connectivity index (χ2v) is 12.1. The first-order valence-corrected chi connectivity index (χ1v) is 14.8.